The van der Waals surface area contributed by atoms with Crippen molar-refractivity contribution < 1.29 is 19.1 Å². The molecule has 2 aromatic rings. The summed E-state index contributed by atoms with van der Waals surface area (Å²) in [6.45, 7) is 0.207. The highest BCUT2D eigenvalue weighted by molar-refractivity contribution is 5.97. The van der Waals surface area contributed by atoms with Crippen LogP contribution in [0.1, 0.15) is 28.4 Å². The first-order chi connectivity index (χ1) is 14.4. The van der Waals surface area contributed by atoms with Gasteiger partial charge < -0.3 is 19.1 Å². The summed E-state index contributed by atoms with van der Waals surface area (Å²) < 4.78 is 6.38. The van der Waals surface area contributed by atoms with Crippen molar-refractivity contribution in [3.05, 3.63) is 70.1 Å². The molecular weight excluding hydrogens is 386 g/mol. The van der Waals surface area contributed by atoms with E-state index in [1.807, 2.05) is 30.3 Å². The fourth-order valence-electron chi connectivity index (χ4n) is 4.48. The molecule has 0 aliphatic carbocycles. The van der Waals surface area contributed by atoms with E-state index in [4.69, 9.17) is 4.74 Å². The van der Waals surface area contributed by atoms with Gasteiger partial charge in [-0.3, -0.25) is 19.2 Å². The number of aryl methyl sites for hydroxylation is 1. The quantitative estimate of drug-likeness (QED) is 0.705. The smallest absolute Gasteiger partial charge is 0.311 e. The van der Waals surface area contributed by atoms with E-state index in [1.54, 1.807) is 18.0 Å². The van der Waals surface area contributed by atoms with Crippen molar-refractivity contribution in [1.82, 2.24) is 14.4 Å². The average molecular weight is 409 g/mol. The fraction of sp³-hybridized carbons (Fsp3) is 0.364. The molecule has 0 saturated carbocycles. The minimum atomic E-state index is -0.495. The number of amides is 2. The highest BCUT2D eigenvalue weighted by Gasteiger charge is 2.51. The van der Waals surface area contributed by atoms with Crippen molar-refractivity contribution in [2.24, 2.45) is 13.0 Å². The van der Waals surface area contributed by atoms with Gasteiger partial charge in [0.25, 0.3) is 11.5 Å². The number of ether oxygens (including phenoxy) is 1. The normalized spacial score (nSPS) is 23.3. The zero-order valence-electron chi connectivity index (χ0n) is 16.9. The molecule has 3 atom stereocenters. The van der Waals surface area contributed by atoms with Crippen LogP contribution in [0.15, 0.2) is 53.5 Å². The maximum atomic E-state index is 13.1. The number of nitrogens with zero attached hydrogens (tertiary/aromatic N) is 3. The van der Waals surface area contributed by atoms with Crippen LogP contribution in [0, 0.1) is 5.92 Å². The third-order valence-electron chi connectivity index (χ3n) is 5.93. The van der Waals surface area contributed by atoms with E-state index in [1.165, 1.54) is 28.8 Å². The van der Waals surface area contributed by atoms with Crippen LogP contribution >= 0.6 is 0 Å². The van der Waals surface area contributed by atoms with E-state index in [2.05, 4.69) is 0 Å². The lowest BCUT2D eigenvalue weighted by atomic mass is 9.93. The van der Waals surface area contributed by atoms with E-state index < -0.39 is 12.0 Å². The molecule has 2 amide bonds. The summed E-state index contributed by atoms with van der Waals surface area (Å²) >= 11 is 0. The van der Waals surface area contributed by atoms with Gasteiger partial charge in [0.05, 0.1) is 25.1 Å². The highest BCUT2D eigenvalue weighted by atomic mass is 16.5. The Bertz CT molecular complexity index is 1050. The molecule has 2 fully saturated rings. The van der Waals surface area contributed by atoms with E-state index in [0.29, 0.717) is 13.0 Å². The van der Waals surface area contributed by atoms with Gasteiger partial charge in [0, 0.05) is 31.4 Å². The highest BCUT2D eigenvalue weighted by Crippen LogP contribution is 2.43. The zero-order valence-corrected chi connectivity index (χ0v) is 16.9. The van der Waals surface area contributed by atoms with Gasteiger partial charge in [-0.25, -0.2) is 0 Å². The minimum absolute atomic E-state index is 0.0955. The van der Waals surface area contributed by atoms with Gasteiger partial charge in [0.15, 0.2) is 0 Å². The Hall–Kier alpha value is -3.42. The Labute approximate surface area is 173 Å². The topological polar surface area (TPSA) is 88.9 Å². The van der Waals surface area contributed by atoms with Crippen molar-refractivity contribution in [2.45, 2.75) is 18.5 Å². The molecule has 4 rings (SSSR count). The lowest BCUT2D eigenvalue weighted by molar-refractivity contribution is -0.147. The lowest BCUT2D eigenvalue weighted by Gasteiger charge is -2.40. The zero-order chi connectivity index (χ0) is 21.4. The van der Waals surface area contributed by atoms with E-state index in [-0.39, 0.29) is 41.5 Å². The molecule has 0 radical (unpaired) electrons. The first-order valence-electron chi connectivity index (χ1n) is 9.80. The number of rotatable bonds is 3. The van der Waals surface area contributed by atoms with Crippen molar-refractivity contribution in [3.63, 3.8) is 0 Å². The summed E-state index contributed by atoms with van der Waals surface area (Å²) in [5, 5.41) is 0. The van der Waals surface area contributed by atoms with E-state index >= 15 is 0 Å². The Morgan fingerprint density at radius 1 is 1.10 bits per heavy atom. The third-order valence-corrected chi connectivity index (χ3v) is 5.93. The molecule has 1 aromatic heterocycles. The second kappa shape index (κ2) is 7.78. The average Bonchev–Trinajstić information content (AvgIpc) is 3.15. The van der Waals surface area contributed by atoms with Gasteiger partial charge in [-0.1, -0.05) is 30.3 Å². The molecule has 2 aliphatic rings. The Kier molecular flexibility index (Phi) is 5.15. The Balaban J connectivity index is 1.63. The first kappa shape index (κ1) is 19.9. The number of carbonyl (C=O) groups is 3. The van der Waals surface area contributed by atoms with Crippen LogP contribution in [0.4, 0.5) is 0 Å². The molecule has 0 bridgehead atoms. The monoisotopic (exact) mass is 409 g/mol. The van der Waals surface area contributed by atoms with Crippen LogP contribution in [-0.4, -0.2) is 58.4 Å². The van der Waals surface area contributed by atoms with Crippen LogP contribution in [0.5, 0.6) is 0 Å². The Morgan fingerprint density at radius 3 is 2.50 bits per heavy atom. The van der Waals surface area contributed by atoms with Crippen molar-refractivity contribution in [1.29, 1.82) is 0 Å². The maximum Gasteiger partial charge on any atom is 0.311 e. The molecule has 3 heterocycles. The maximum absolute atomic E-state index is 13.1. The van der Waals surface area contributed by atoms with Crippen LogP contribution in [0.2, 0.25) is 0 Å². The second-order valence-electron chi connectivity index (χ2n) is 7.73. The van der Waals surface area contributed by atoms with Crippen LogP contribution in [0.3, 0.4) is 0 Å². The van der Waals surface area contributed by atoms with Crippen molar-refractivity contribution >= 4 is 17.8 Å². The summed E-state index contributed by atoms with van der Waals surface area (Å²) in [5.74, 6) is -1.44. The molecule has 30 heavy (non-hydrogen) atoms. The minimum Gasteiger partial charge on any atom is -0.469 e. The van der Waals surface area contributed by atoms with Gasteiger partial charge in [0.1, 0.15) is 6.54 Å². The molecule has 0 N–H and O–H groups in total. The number of pyridine rings is 1. The molecule has 2 saturated heterocycles. The summed E-state index contributed by atoms with van der Waals surface area (Å²) in [6.07, 6.45) is 1.94. The molecular formula is C22H23N3O5. The lowest BCUT2D eigenvalue weighted by Crippen LogP contribution is -2.56. The fourth-order valence-corrected chi connectivity index (χ4v) is 4.48. The van der Waals surface area contributed by atoms with Gasteiger partial charge >= 0.3 is 5.97 Å². The summed E-state index contributed by atoms with van der Waals surface area (Å²) in [6, 6.07) is 11.5. The van der Waals surface area contributed by atoms with Gasteiger partial charge in [-0.15, -0.1) is 0 Å². The first-order valence-corrected chi connectivity index (χ1v) is 9.80. The molecule has 156 valence electrons. The predicted octanol–water partition coefficient (Wildman–Crippen LogP) is 0.973. The number of carbonyl (C=O) groups excluding carboxylic acids is 3. The molecule has 0 spiro atoms. The van der Waals surface area contributed by atoms with Crippen LogP contribution < -0.4 is 5.56 Å². The van der Waals surface area contributed by atoms with Gasteiger partial charge in [-0.05, 0) is 18.1 Å². The number of esters is 1. The van der Waals surface area contributed by atoms with Crippen molar-refractivity contribution in [2.75, 3.05) is 20.2 Å². The molecule has 0 unspecified atom stereocenters. The standard InChI is InChI=1S/C22H23N3O5/c1-23-9-8-15(10-18(23)26)21(28)24-12-16-11-17(22(29)30-2)20(25(16)19(27)13-24)14-6-4-3-5-7-14/h3-10,16-17,20H,11-13H2,1-2H3/t16-,17-,20-/m0/s1. The largest absolute Gasteiger partial charge is 0.469 e. The van der Waals surface area contributed by atoms with E-state index in [9.17, 15) is 19.2 Å². The number of fused-ring (bicyclic) bond motifs is 1. The SMILES string of the molecule is COC(=O)[C@H]1C[C@H]2CN(C(=O)c3ccn(C)c(=O)c3)CC(=O)N2[C@H]1c1ccccc1. The Morgan fingerprint density at radius 2 is 1.83 bits per heavy atom. The summed E-state index contributed by atoms with van der Waals surface area (Å²) in [7, 11) is 2.95. The van der Waals surface area contributed by atoms with Crippen LogP contribution in [-0.2, 0) is 21.4 Å². The number of hydrogen-bond acceptors (Lipinski definition) is 5. The van der Waals surface area contributed by atoms with Gasteiger partial charge in [0.2, 0.25) is 5.91 Å². The van der Waals surface area contributed by atoms with Crippen molar-refractivity contribution in [3.8, 4) is 0 Å². The third kappa shape index (κ3) is 3.38. The second-order valence-corrected chi connectivity index (χ2v) is 7.73. The van der Waals surface area contributed by atoms with E-state index in [0.717, 1.165) is 5.56 Å². The summed E-state index contributed by atoms with van der Waals surface area (Å²) in [5.41, 5.74) is 0.832. The van der Waals surface area contributed by atoms with Gasteiger partial charge in [-0.2, -0.15) is 0 Å². The number of piperazine rings is 1. The number of methoxy groups -OCH3 is 1. The molecule has 8 heteroatoms. The number of hydrogen-bond donors (Lipinski definition) is 0. The van der Waals surface area contributed by atoms with Crippen LogP contribution in [0.25, 0.3) is 0 Å². The molecule has 8 nitrogen and oxygen atoms in total. The molecule has 2 aliphatic heterocycles. The number of benzene rings is 1. The molecule has 1 aromatic carbocycles. The summed E-state index contributed by atoms with van der Waals surface area (Å²) in [4.78, 5) is 53.6. The number of aromatic nitrogens is 1. The predicted molar refractivity (Wildman–Crippen MR) is 108 cm³/mol.